The van der Waals surface area contributed by atoms with Gasteiger partial charge in [-0.15, -0.1) is 12.4 Å². The van der Waals surface area contributed by atoms with E-state index in [0.29, 0.717) is 6.61 Å². The van der Waals surface area contributed by atoms with Gasteiger partial charge in [0.05, 0.1) is 6.61 Å². The number of nitrogens with one attached hydrogen (secondary N) is 1. The Bertz CT molecular complexity index is 551. The summed E-state index contributed by atoms with van der Waals surface area (Å²) < 4.78 is 6.30. The van der Waals surface area contributed by atoms with Gasteiger partial charge in [0, 0.05) is 11.6 Å². The average Bonchev–Trinajstić information content (AvgIpc) is 2.98. The minimum atomic E-state index is -0.207. The molecule has 1 unspecified atom stereocenters. The van der Waals surface area contributed by atoms with Crippen molar-refractivity contribution in [2.45, 2.75) is 18.6 Å². The summed E-state index contributed by atoms with van der Waals surface area (Å²) in [5, 5.41) is 4.17. The normalized spacial score (nSPS) is 21.0. The molecule has 0 saturated carbocycles. The summed E-state index contributed by atoms with van der Waals surface area (Å²) in [4.78, 5) is 0. The Labute approximate surface area is 136 Å². The largest absolute Gasteiger partial charge is 0.364 e. The molecule has 112 valence electrons. The minimum absolute atomic E-state index is 0. The molecule has 2 aromatic rings. The molecular weight excluding hydrogens is 305 g/mol. The third kappa shape index (κ3) is 3.78. The van der Waals surface area contributed by atoms with Crippen LogP contribution in [-0.4, -0.2) is 13.1 Å². The quantitative estimate of drug-likeness (QED) is 0.911. The van der Waals surface area contributed by atoms with Crippen LogP contribution in [0.3, 0.4) is 0 Å². The highest BCUT2D eigenvalue weighted by atomic mass is 35.5. The van der Waals surface area contributed by atoms with E-state index in [2.05, 4.69) is 29.6 Å². The molecule has 1 aliphatic rings. The van der Waals surface area contributed by atoms with Crippen molar-refractivity contribution in [3.05, 3.63) is 70.7 Å². The van der Waals surface area contributed by atoms with Gasteiger partial charge >= 0.3 is 0 Å². The first-order valence-corrected chi connectivity index (χ1v) is 7.31. The first-order chi connectivity index (χ1) is 9.78. The van der Waals surface area contributed by atoms with E-state index in [1.807, 2.05) is 30.3 Å². The van der Waals surface area contributed by atoms with Crippen molar-refractivity contribution in [3.63, 3.8) is 0 Å². The summed E-state index contributed by atoms with van der Waals surface area (Å²) in [5.41, 5.74) is 2.19. The maximum Gasteiger partial charge on any atom is 0.107 e. The van der Waals surface area contributed by atoms with E-state index in [-0.39, 0.29) is 18.0 Å². The average molecular weight is 324 g/mol. The van der Waals surface area contributed by atoms with E-state index in [4.69, 9.17) is 16.3 Å². The summed E-state index contributed by atoms with van der Waals surface area (Å²) in [6, 6.07) is 18.3. The molecule has 0 bridgehead atoms. The van der Waals surface area contributed by atoms with Gasteiger partial charge in [0.1, 0.15) is 5.60 Å². The molecule has 1 fully saturated rings. The monoisotopic (exact) mass is 323 g/mol. The topological polar surface area (TPSA) is 21.3 Å². The number of benzene rings is 2. The van der Waals surface area contributed by atoms with Gasteiger partial charge in [-0.2, -0.15) is 0 Å². The summed E-state index contributed by atoms with van der Waals surface area (Å²) in [5.74, 6) is 0. The van der Waals surface area contributed by atoms with Crippen LogP contribution in [-0.2, 0) is 16.9 Å². The van der Waals surface area contributed by atoms with Gasteiger partial charge in [-0.3, -0.25) is 0 Å². The second-order valence-electron chi connectivity index (χ2n) is 5.20. The van der Waals surface area contributed by atoms with E-state index >= 15 is 0 Å². The third-order valence-corrected chi connectivity index (χ3v) is 4.10. The maximum absolute atomic E-state index is 6.30. The second kappa shape index (κ2) is 7.28. The van der Waals surface area contributed by atoms with Crippen LogP contribution in [0.5, 0.6) is 0 Å². The van der Waals surface area contributed by atoms with Crippen LogP contribution in [0.4, 0.5) is 0 Å². The molecule has 0 spiro atoms. The Morgan fingerprint density at radius 3 is 2.38 bits per heavy atom. The Hall–Kier alpha value is -1.06. The summed E-state index contributed by atoms with van der Waals surface area (Å²) in [6.07, 6.45) is 1.00. The van der Waals surface area contributed by atoms with Crippen molar-refractivity contribution in [2.75, 3.05) is 13.1 Å². The molecule has 21 heavy (non-hydrogen) atoms. The van der Waals surface area contributed by atoms with Gasteiger partial charge in [0.15, 0.2) is 0 Å². The van der Waals surface area contributed by atoms with Gasteiger partial charge in [-0.05, 0) is 36.2 Å². The summed E-state index contributed by atoms with van der Waals surface area (Å²) in [6.45, 7) is 2.47. The van der Waals surface area contributed by atoms with Gasteiger partial charge < -0.3 is 10.1 Å². The van der Waals surface area contributed by atoms with Crippen molar-refractivity contribution in [1.82, 2.24) is 5.32 Å². The molecule has 0 radical (unpaired) electrons. The highest BCUT2D eigenvalue weighted by Crippen LogP contribution is 2.33. The van der Waals surface area contributed by atoms with Crippen LogP contribution in [0.1, 0.15) is 17.5 Å². The lowest BCUT2D eigenvalue weighted by Crippen LogP contribution is -2.32. The molecule has 2 aromatic carbocycles. The molecule has 0 aliphatic carbocycles. The van der Waals surface area contributed by atoms with Crippen molar-refractivity contribution in [2.24, 2.45) is 0 Å². The second-order valence-corrected chi connectivity index (χ2v) is 5.64. The fourth-order valence-corrected chi connectivity index (χ4v) is 2.79. The van der Waals surface area contributed by atoms with Crippen LogP contribution in [0, 0.1) is 0 Å². The minimum Gasteiger partial charge on any atom is -0.364 e. The standard InChI is InChI=1S/C17H18ClNO.ClH/c18-16-8-6-14(7-9-16)12-20-17(10-11-19-13-17)15-4-2-1-3-5-15;/h1-9,19H,10-13H2;1H. The first kappa shape index (κ1) is 16.3. The van der Waals surface area contributed by atoms with Crippen molar-refractivity contribution in [1.29, 1.82) is 0 Å². The Morgan fingerprint density at radius 2 is 1.76 bits per heavy atom. The molecule has 1 atom stereocenters. The first-order valence-electron chi connectivity index (χ1n) is 6.93. The van der Waals surface area contributed by atoms with Crippen molar-refractivity contribution < 1.29 is 4.74 Å². The van der Waals surface area contributed by atoms with E-state index in [1.165, 1.54) is 5.56 Å². The summed E-state index contributed by atoms with van der Waals surface area (Å²) in [7, 11) is 0. The third-order valence-electron chi connectivity index (χ3n) is 3.84. The fraction of sp³-hybridized carbons (Fsp3) is 0.294. The molecule has 3 rings (SSSR count). The molecule has 4 heteroatoms. The van der Waals surface area contributed by atoms with E-state index in [1.54, 1.807) is 0 Å². The van der Waals surface area contributed by atoms with Crippen molar-refractivity contribution >= 4 is 24.0 Å². The molecule has 1 saturated heterocycles. The predicted molar refractivity (Wildman–Crippen MR) is 89.1 cm³/mol. The molecule has 0 amide bonds. The highest BCUT2D eigenvalue weighted by molar-refractivity contribution is 6.30. The number of rotatable bonds is 4. The Balaban J connectivity index is 0.00000161. The molecule has 1 aliphatic heterocycles. The highest BCUT2D eigenvalue weighted by Gasteiger charge is 2.36. The smallest absolute Gasteiger partial charge is 0.107 e. The summed E-state index contributed by atoms with van der Waals surface area (Å²) >= 11 is 5.91. The van der Waals surface area contributed by atoms with Crippen LogP contribution in [0.2, 0.25) is 5.02 Å². The van der Waals surface area contributed by atoms with E-state index in [9.17, 15) is 0 Å². The lowest BCUT2D eigenvalue weighted by atomic mass is 9.92. The lowest BCUT2D eigenvalue weighted by Gasteiger charge is -2.29. The van der Waals surface area contributed by atoms with Gasteiger partial charge in [-0.1, -0.05) is 54.1 Å². The molecule has 2 nitrogen and oxygen atoms in total. The van der Waals surface area contributed by atoms with Crippen LogP contribution >= 0.6 is 24.0 Å². The maximum atomic E-state index is 6.30. The lowest BCUT2D eigenvalue weighted by molar-refractivity contribution is -0.0470. The predicted octanol–water partition coefficient (Wildman–Crippen LogP) is 4.17. The fourth-order valence-electron chi connectivity index (χ4n) is 2.67. The van der Waals surface area contributed by atoms with Crippen LogP contribution in [0.15, 0.2) is 54.6 Å². The molecular formula is C17H19Cl2NO. The van der Waals surface area contributed by atoms with Crippen LogP contribution in [0.25, 0.3) is 0 Å². The van der Waals surface area contributed by atoms with Crippen molar-refractivity contribution in [3.8, 4) is 0 Å². The Morgan fingerprint density at radius 1 is 1.05 bits per heavy atom. The zero-order valence-electron chi connectivity index (χ0n) is 11.7. The van der Waals surface area contributed by atoms with Gasteiger partial charge in [0.25, 0.3) is 0 Å². The molecule has 1 N–H and O–H groups in total. The van der Waals surface area contributed by atoms with E-state index in [0.717, 1.165) is 30.1 Å². The van der Waals surface area contributed by atoms with E-state index < -0.39 is 0 Å². The number of halogens is 2. The number of ether oxygens (including phenoxy) is 1. The van der Waals surface area contributed by atoms with Gasteiger partial charge in [0.2, 0.25) is 0 Å². The number of hydrogen-bond acceptors (Lipinski definition) is 2. The molecule has 1 heterocycles. The number of hydrogen-bond donors (Lipinski definition) is 1. The van der Waals surface area contributed by atoms with Crippen LogP contribution < -0.4 is 5.32 Å². The Kier molecular flexibility index (Phi) is 5.65. The zero-order chi connectivity index (χ0) is 13.8. The zero-order valence-corrected chi connectivity index (χ0v) is 13.3. The molecule has 0 aromatic heterocycles. The SMILES string of the molecule is Cl.Clc1ccc(COC2(c3ccccc3)CCNC2)cc1. The van der Waals surface area contributed by atoms with Gasteiger partial charge in [-0.25, -0.2) is 0 Å².